The molecule has 0 aliphatic carbocycles. The molecule has 0 aliphatic rings. The maximum atomic E-state index is 6.01. The van der Waals surface area contributed by atoms with Crippen molar-refractivity contribution in [1.82, 2.24) is 4.90 Å². The zero-order chi connectivity index (χ0) is 31.7. The number of nitrogens with zero attached hydrogens (tertiary/aromatic N) is 1. The molecular formula is C42H56NOP. The predicted molar refractivity (Wildman–Crippen MR) is 202 cm³/mol. The van der Waals surface area contributed by atoms with Crippen molar-refractivity contribution in [2.24, 2.45) is 0 Å². The summed E-state index contributed by atoms with van der Waals surface area (Å²) in [6.07, 6.45) is 13.2. The quantitative estimate of drug-likeness (QED) is 0.0587. The second kappa shape index (κ2) is 18.7. The molecule has 0 N–H and O–H groups in total. The molecule has 4 rings (SSSR count). The SMILES string of the molecule is CN(C)CCOc1ccc(/C(=C(/CCCCCCCCCC[PH](C)(C)c2ccccc2)c2ccccc2)c2ccccc2)cc1. The van der Waals surface area contributed by atoms with Crippen LogP contribution in [0.2, 0.25) is 0 Å². The molecule has 0 saturated carbocycles. The third-order valence-electron chi connectivity index (χ3n) is 8.97. The molecule has 0 heterocycles. The summed E-state index contributed by atoms with van der Waals surface area (Å²) < 4.78 is 6.01. The van der Waals surface area contributed by atoms with Crippen LogP contribution in [-0.4, -0.2) is 51.6 Å². The summed E-state index contributed by atoms with van der Waals surface area (Å²) in [5.74, 6) is 0.927. The van der Waals surface area contributed by atoms with Gasteiger partial charge in [0.15, 0.2) is 0 Å². The molecule has 0 saturated heterocycles. The van der Waals surface area contributed by atoms with Crippen LogP contribution in [0.3, 0.4) is 0 Å². The van der Waals surface area contributed by atoms with Gasteiger partial charge in [-0.1, -0.05) is 72.8 Å². The van der Waals surface area contributed by atoms with Crippen LogP contribution in [0.15, 0.2) is 115 Å². The predicted octanol–water partition coefficient (Wildman–Crippen LogP) is 10.4. The topological polar surface area (TPSA) is 12.5 Å². The third kappa shape index (κ3) is 11.6. The van der Waals surface area contributed by atoms with Gasteiger partial charge < -0.3 is 9.64 Å². The van der Waals surface area contributed by atoms with Crippen molar-refractivity contribution in [3.63, 3.8) is 0 Å². The Balaban J connectivity index is 1.34. The standard InChI is InChI=1S/C42H56NOP/c1-43(2)33-34-44-39-31-29-38(30-32-39)42(37-24-16-12-17-25-37)41(36-22-14-11-15-23-36)28-20-9-7-5-6-8-10-21-35-45(3,4)40-26-18-13-19-27-40/h11-19,22-27,29-32,45H,5-10,20-21,28,33-35H2,1-4H3/b42-41-. The molecule has 0 aliphatic heterocycles. The first-order valence-electron chi connectivity index (χ1n) is 17.2. The van der Waals surface area contributed by atoms with Crippen LogP contribution in [0, 0.1) is 0 Å². The molecule has 3 heteroatoms. The molecule has 0 radical (unpaired) electrons. The molecule has 0 amide bonds. The minimum atomic E-state index is -1.29. The molecule has 0 spiro atoms. The first-order chi connectivity index (χ1) is 21.9. The second-order valence-corrected chi connectivity index (χ2v) is 18.2. The minimum Gasteiger partial charge on any atom is -0.0622 e. The fraction of sp³-hybridized carbons (Fsp3) is 0.381. The number of rotatable bonds is 19. The Bertz CT molecular complexity index is 1400. The molecule has 0 aromatic heterocycles. The summed E-state index contributed by atoms with van der Waals surface area (Å²) in [6.45, 7) is 6.65. The normalized spacial score (nSPS) is 12.6. The van der Waals surface area contributed by atoms with Gasteiger partial charge in [0.2, 0.25) is 0 Å². The van der Waals surface area contributed by atoms with Crippen LogP contribution in [0.5, 0.6) is 5.75 Å². The van der Waals surface area contributed by atoms with Gasteiger partial charge in [0, 0.05) is 6.54 Å². The van der Waals surface area contributed by atoms with Crippen molar-refractivity contribution in [2.75, 3.05) is 46.7 Å². The van der Waals surface area contributed by atoms with E-state index in [1.807, 2.05) is 0 Å². The van der Waals surface area contributed by atoms with Gasteiger partial charge in [0.1, 0.15) is 12.4 Å². The Labute approximate surface area is 274 Å². The van der Waals surface area contributed by atoms with Gasteiger partial charge in [-0.2, -0.15) is 0 Å². The van der Waals surface area contributed by atoms with Gasteiger partial charge in [0.05, 0.1) is 0 Å². The van der Waals surface area contributed by atoms with E-state index in [-0.39, 0.29) is 0 Å². The molecule has 240 valence electrons. The van der Waals surface area contributed by atoms with Crippen molar-refractivity contribution in [2.45, 2.75) is 57.8 Å². The average Bonchev–Trinajstić information content (AvgIpc) is 3.06. The molecular weight excluding hydrogens is 565 g/mol. The van der Waals surface area contributed by atoms with E-state index < -0.39 is 7.26 Å². The van der Waals surface area contributed by atoms with Gasteiger partial charge in [-0.25, -0.2) is 0 Å². The smallest absolute Gasteiger partial charge is 0.0622 e. The van der Waals surface area contributed by atoms with Crippen LogP contribution in [0.25, 0.3) is 11.1 Å². The fourth-order valence-electron chi connectivity index (χ4n) is 6.20. The van der Waals surface area contributed by atoms with Gasteiger partial charge >= 0.3 is 137 Å². The van der Waals surface area contributed by atoms with E-state index in [2.05, 4.69) is 148 Å². The van der Waals surface area contributed by atoms with E-state index in [9.17, 15) is 0 Å². The second-order valence-electron chi connectivity index (χ2n) is 13.3. The molecule has 4 aromatic rings. The Kier molecular flexibility index (Phi) is 14.4. The summed E-state index contributed by atoms with van der Waals surface area (Å²) in [6, 6.07) is 41.9. The zero-order valence-corrected chi connectivity index (χ0v) is 29.3. The molecule has 0 fully saturated rings. The van der Waals surface area contributed by atoms with E-state index in [0.717, 1.165) is 18.7 Å². The Morgan fingerprint density at radius 1 is 0.556 bits per heavy atom. The Morgan fingerprint density at radius 3 is 1.62 bits per heavy atom. The molecule has 0 atom stereocenters. The Hall–Kier alpha value is -3.19. The molecule has 45 heavy (non-hydrogen) atoms. The number of ether oxygens (including phenoxy) is 1. The summed E-state index contributed by atoms with van der Waals surface area (Å²) in [5.41, 5.74) is 6.62. The number of likely N-dealkylation sites (N-methyl/N-ethyl adjacent to an activating group) is 1. The first-order valence-corrected chi connectivity index (χ1v) is 20.4. The third-order valence-corrected chi connectivity index (χ3v) is 12.5. The van der Waals surface area contributed by atoms with Crippen LogP contribution >= 0.6 is 7.26 Å². The molecule has 0 unspecified atom stereocenters. The summed E-state index contributed by atoms with van der Waals surface area (Å²) >= 11 is 0. The first kappa shape index (κ1) is 34.7. The van der Waals surface area contributed by atoms with Crippen molar-refractivity contribution >= 4 is 23.7 Å². The van der Waals surface area contributed by atoms with Crippen LogP contribution < -0.4 is 10.0 Å². The van der Waals surface area contributed by atoms with Gasteiger partial charge in [-0.05, 0) is 37.4 Å². The van der Waals surface area contributed by atoms with Gasteiger partial charge in [0.25, 0.3) is 0 Å². The van der Waals surface area contributed by atoms with Crippen LogP contribution in [0.1, 0.15) is 74.5 Å². The molecule has 0 bridgehead atoms. The van der Waals surface area contributed by atoms with Crippen molar-refractivity contribution in [3.05, 3.63) is 132 Å². The number of unbranched alkanes of at least 4 members (excludes halogenated alkanes) is 7. The summed E-state index contributed by atoms with van der Waals surface area (Å²) in [7, 11) is 2.86. The van der Waals surface area contributed by atoms with Crippen LogP contribution in [-0.2, 0) is 0 Å². The van der Waals surface area contributed by atoms with Crippen molar-refractivity contribution in [3.8, 4) is 5.75 Å². The monoisotopic (exact) mass is 621 g/mol. The summed E-state index contributed by atoms with van der Waals surface area (Å²) in [4.78, 5) is 2.15. The number of hydrogen-bond acceptors (Lipinski definition) is 2. The van der Waals surface area contributed by atoms with Crippen molar-refractivity contribution < 1.29 is 4.74 Å². The zero-order valence-electron chi connectivity index (χ0n) is 28.3. The fourth-order valence-corrected chi connectivity index (χ4v) is 8.72. The van der Waals surface area contributed by atoms with Crippen molar-refractivity contribution in [1.29, 1.82) is 0 Å². The number of benzene rings is 4. The average molecular weight is 622 g/mol. The minimum absolute atomic E-state index is 0.691. The van der Waals surface area contributed by atoms with Crippen LogP contribution in [0.4, 0.5) is 0 Å². The van der Waals surface area contributed by atoms with E-state index in [0.29, 0.717) is 6.61 Å². The Morgan fingerprint density at radius 2 is 1.04 bits per heavy atom. The van der Waals surface area contributed by atoms with E-state index in [4.69, 9.17) is 4.74 Å². The molecule has 2 nitrogen and oxygen atoms in total. The number of allylic oxidation sites excluding steroid dienone is 1. The summed E-state index contributed by atoms with van der Waals surface area (Å²) in [5, 5.41) is 1.60. The molecule has 4 aromatic carbocycles. The van der Waals surface area contributed by atoms with E-state index in [1.165, 1.54) is 85.4 Å². The van der Waals surface area contributed by atoms with E-state index in [1.54, 1.807) is 5.30 Å². The van der Waals surface area contributed by atoms with Gasteiger partial charge in [-0.15, -0.1) is 0 Å². The van der Waals surface area contributed by atoms with E-state index >= 15 is 0 Å². The number of hydrogen-bond donors (Lipinski definition) is 0. The van der Waals surface area contributed by atoms with Gasteiger partial charge in [-0.3, -0.25) is 0 Å². The maximum absolute atomic E-state index is 6.01.